The summed E-state index contributed by atoms with van der Waals surface area (Å²) in [6, 6.07) is -6.57. The summed E-state index contributed by atoms with van der Waals surface area (Å²) in [6.45, 7) is 1.43. The van der Waals surface area contributed by atoms with Crippen molar-refractivity contribution in [3.63, 3.8) is 0 Å². The number of carbonyl (C=O) groups excluding carboxylic acids is 4. The van der Waals surface area contributed by atoms with Crippen molar-refractivity contribution in [1.82, 2.24) is 21.3 Å². The second-order valence-corrected chi connectivity index (χ2v) is 20.6. The molecule has 4 fully saturated rings. The van der Waals surface area contributed by atoms with Gasteiger partial charge in [0.25, 0.3) is 0 Å². The minimum absolute atomic E-state index is 0.0409. The van der Waals surface area contributed by atoms with Crippen LogP contribution in [0.15, 0.2) is 0 Å². The first kappa shape index (κ1) is 64.6. The number of hydrogen-bond donors (Lipinski definition) is 14. The van der Waals surface area contributed by atoms with Crippen LogP contribution in [0.1, 0.15) is 118 Å². The van der Waals surface area contributed by atoms with E-state index >= 15 is 0 Å². The van der Waals surface area contributed by atoms with E-state index in [0.717, 1.165) is 52.9 Å². The summed E-state index contributed by atoms with van der Waals surface area (Å²) in [5, 5.41) is 109. The van der Waals surface area contributed by atoms with Crippen molar-refractivity contribution in [1.29, 1.82) is 0 Å². The van der Waals surface area contributed by atoms with Gasteiger partial charge < -0.3 is 100 Å². The summed E-state index contributed by atoms with van der Waals surface area (Å²) in [7, 11) is -5.15. The molecule has 4 rings (SSSR count). The van der Waals surface area contributed by atoms with Gasteiger partial charge >= 0.3 is 10.4 Å². The Morgan fingerprint density at radius 1 is 0.467 bits per heavy atom. The van der Waals surface area contributed by atoms with Crippen LogP contribution in [0.2, 0.25) is 0 Å². The third-order valence-electron chi connectivity index (χ3n) is 13.5. The quantitative estimate of drug-likeness (QED) is 0.0242. The summed E-state index contributed by atoms with van der Waals surface area (Å²) in [5.41, 5.74) is 0. The molecule has 4 amide bonds. The Balaban J connectivity index is 1.49. The number of hydrogen-bond acceptors (Lipinski definition) is 23. The van der Waals surface area contributed by atoms with E-state index in [0.29, 0.717) is 6.42 Å². The van der Waals surface area contributed by atoms with Crippen LogP contribution in [0, 0.1) is 0 Å². The highest BCUT2D eigenvalue weighted by atomic mass is 32.3. The predicted octanol–water partition coefficient (Wildman–Crippen LogP) is -3.89. The number of rotatable bonds is 30. The molecule has 4 heterocycles. The van der Waals surface area contributed by atoms with Crippen LogP contribution >= 0.6 is 0 Å². The Labute approximate surface area is 436 Å². The van der Waals surface area contributed by atoms with Crippen molar-refractivity contribution in [3.8, 4) is 0 Å². The van der Waals surface area contributed by atoms with Gasteiger partial charge in [0.05, 0.1) is 26.4 Å². The van der Waals surface area contributed by atoms with Gasteiger partial charge in [-0.1, -0.05) is 84.0 Å². The number of aliphatic hydroxyl groups is 9. The van der Waals surface area contributed by atoms with Gasteiger partial charge in [0.1, 0.15) is 97.4 Å². The van der Waals surface area contributed by atoms with Crippen molar-refractivity contribution in [2.45, 2.75) is 240 Å². The maximum Gasteiger partial charge on any atom is 0.397 e. The lowest BCUT2D eigenvalue weighted by Crippen LogP contribution is -2.71. The Bertz CT molecular complexity index is 1860. The first-order valence-corrected chi connectivity index (χ1v) is 27.1. The number of nitrogens with one attached hydrogen (secondary N) is 4. The lowest BCUT2D eigenvalue weighted by molar-refractivity contribution is -0.361. The number of unbranched alkanes of at least 4 members (excludes halogenated alkanes) is 12. The normalized spacial score (nSPS) is 36.3. The molecule has 2 unspecified atom stereocenters. The molecule has 4 aliphatic heterocycles. The summed E-state index contributed by atoms with van der Waals surface area (Å²) in [5.74, 6) is -2.90. The number of aliphatic hydroxyl groups excluding tert-OH is 9. The molecule has 0 aliphatic carbocycles. The molecule has 0 aromatic carbocycles. The highest BCUT2D eigenvalue weighted by Gasteiger charge is 2.56. The minimum Gasteiger partial charge on any atom is -0.394 e. The summed E-state index contributed by atoms with van der Waals surface area (Å²) >= 11 is 0. The van der Waals surface area contributed by atoms with Crippen molar-refractivity contribution < 1.29 is 115 Å². The van der Waals surface area contributed by atoms with Crippen LogP contribution in [0.5, 0.6) is 0 Å². The van der Waals surface area contributed by atoms with Crippen LogP contribution in [0.4, 0.5) is 0 Å². The van der Waals surface area contributed by atoms with E-state index in [1.807, 2.05) is 0 Å². The second-order valence-electron chi connectivity index (χ2n) is 19.5. The third kappa shape index (κ3) is 19.5. The number of amides is 4. The molecule has 28 nitrogen and oxygen atoms in total. The van der Waals surface area contributed by atoms with Crippen LogP contribution in [0.3, 0.4) is 0 Å². The van der Waals surface area contributed by atoms with E-state index in [9.17, 15) is 78.1 Å². The first-order chi connectivity index (χ1) is 35.5. The fraction of sp³-hybridized carbons (Fsp3) is 0.913. The smallest absolute Gasteiger partial charge is 0.394 e. The zero-order chi connectivity index (χ0) is 55.6. The topological polar surface area (TPSA) is 427 Å². The Morgan fingerprint density at radius 3 is 1.23 bits per heavy atom. The molecule has 14 N–H and O–H groups in total. The molecule has 436 valence electrons. The van der Waals surface area contributed by atoms with Crippen LogP contribution < -0.4 is 21.3 Å². The highest BCUT2D eigenvalue weighted by Crippen LogP contribution is 2.35. The lowest BCUT2D eigenvalue weighted by Gasteiger charge is -2.51. The minimum atomic E-state index is -5.15. The number of carbonyl (C=O) groups is 4. The van der Waals surface area contributed by atoms with E-state index in [2.05, 4.69) is 32.4 Å². The van der Waals surface area contributed by atoms with Crippen LogP contribution in [-0.4, -0.2) is 232 Å². The van der Waals surface area contributed by atoms with Gasteiger partial charge in [0.15, 0.2) is 25.2 Å². The molecular weight excluding hydrogens is 1020 g/mol. The van der Waals surface area contributed by atoms with Crippen molar-refractivity contribution >= 4 is 34.0 Å². The predicted molar refractivity (Wildman–Crippen MR) is 255 cm³/mol. The second kappa shape index (κ2) is 31.6. The van der Waals surface area contributed by atoms with E-state index < -0.39 is 183 Å². The molecule has 0 radical (unpaired) electrons. The van der Waals surface area contributed by atoms with Gasteiger partial charge in [0, 0.05) is 27.2 Å². The monoisotopic (exact) mass is 1110 g/mol. The number of ether oxygens (including phenoxy) is 7. The molecule has 4 saturated heterocycles. The fourth-order valence-corrected chi connectivity index (χ4v) is 9.94. The van der Waals surface area contributed by atoms with Gasteiger partial charge in [-0.25, -0.2) is 4.18 Å². The molecule has 0 saturated carbocycles. The molecular formula is C46H82N4O24S. The fourth-order valence-electron chi connectivity index (χ4n) is 9.64. The average Bonchev–Trinajstić information content (AvgIpc) is 3.34. The van der Waals surface area contributed by atoms with Crippen LogP contribution in [-0.2, 0) is 66.9 Å². The molecule has 0 spiro atoms. The van der Waals surface area contributed by atoms with Crippen molar-refractivity contribution in [2.75, 3.05) is 26.4 Å². The Hall–Kier alpha value is -2.89. The van der Waals surface area contributed by atoms with Crippen LogP contribution in [0.25, 0.3) is 0 Å². The standard InChI is InChI=1S/C46H82N4O24S/c1-5-6-7-8-9-10-11-12-13-14-15-16-17-18-30(57)50-32-36(59)35(58)26(19-51)69-44(32)72-40-27(20-52)70-45(33(38(40)61)48-24(3)55)73-41-28(21-53)71-46(34(39(41)62)49-25(4)56)74-42-29(22-67-75(64,65)66)68-43(63)31(37(42)60)47-23(2)54/h26-29,31-46,51-53,58-63H,5-22H2,1-4H3,(H,47,54)(H,48,55)(H,49,56)(H,50,57)(H,64,65,66)/t26-,27-,28-,29+,31-,32-,33-,34-,35-,36-,37?,38?,39-,40-,41-,42-,43-,44+,45+,46+/m1/s1. The van der Waals surface area contributed by atoms with Gasteiger partial charge in [-0.3, -0.25) is 23.7 Å². The molecule has 0 aromatic rings. The zero-order valence-electron chi connectivity index (χ0n) is 42.9. The maximum absolute atomic E-state index is 13.3. The third-order valence-corrected chi connectivity index (χ3v) is 13.9. The summed E-state index contributed by atoms with van der Waals surface area (Å²) in [4.78, 5) is 50.5. The van der Waals surface area contributed by atoms with Gasteiger partial charge in [-0.2, -0.15) is 8.42 Å². The van der Waals surface area contributed by atoms with E-state index in [1.54, 1.807) is 0 Å². The molecule has 0 bridgehead atoms. The first-order valence-electron chi connectivity index (χ1n) is 25.8. The van der Waals surface area contributed by atoms with Crippen molar-refractivity contribution in [2.24, 2.45) is 0 Å². The largest absolute Gasteiger partial charge is 0.397 e. The van der Waals surface area contributed by atoms with E-state index in [4.69, 9.17) is 33.2 Å². The molecule has 29 heteroatoms. The SMILES string of the molecule is CCCCCCCCCCCCCCCC(=O)N[C@H]1[C@H](O[C@H]2C(O)[C@@H](NC(C)=O)[C@H](O[C@H]3[C@H](O)[C@@H](NC(C)=O)[C@H](O[C@H]4C(O)[C@@H](NC(C)=O)[C@H](O)O[C@H]4COS(=O)(=O)O)O[C@@H]3CO)O[C@@H]2CO)O[C@H](CO)[C@@H](O)[C@@H]1O. The molecule has 75 heavy (non-hydrogen) atoms. The zero-order valence-corrected chi connectivity index (χ0v) is 43.7. The van der Waals surface area contributed by atoms with Gasteiger partial charge in [-0.15, -0.1) is 0 Å². The highest BCUT2D eigenvalue weighted by molar-refractivity contribution is 7.80. The summed E-state index contributed by atoms with van der Waals surface area (Å²) in [6.07, 6.45) is -14.6. The lowest BCUT2D eigenvalue weighted by atomic mass is 9.93. The summed E-state index contributed by atoms with van der Waals surface area (Å²) < 4.78 is 77.9. The Morgan fingerprint density at radius 2 is 0.827 bits per heavy atom. The van der Waals surface area contributed by atoms with E-state index in [-0.39, 0.29) is 6.42 Å². The van der Waals surface area contributed by atoms with Crippen molar-refractivity contribution in [3.05, 3.63) is 0 Å². The molecule has 0 aromatic heterocycles. The maximum atomic E-state index is 13.3. The molecule has 4 aliphatic rings. The van der Waals surface area contributed by atoms with Gasteiger partial charge in [0.2, 0.25) is 23.6 Å². The molecule has 20 atom stereocenters. The Kier molecular flexibility index (Phi) is 27.3. The van der Waals surface area contributed by atoms with Gasteiger partial charge in [-0.05, 0) is 6.42 Å². The van der Waals surface area contributed by atoms with E-state index in [1.165, 1.54) is 44.9 Å². The average molecular weight is 1110 g/mol.